The molecular formula is C40H23N3. The zero-order valence-corrected chi connectivity index (χ0v) is 23.1. The maximum Gasteiger partial charge on any atom is 0.137 e. The lowest BCUT2D eigenvalue weighted by molar-refractivity contribution is 1.08. The number of aromatic nitrogens is 3. The highest BCUT2D eigenvalue weighted by atomic mass is 15.1. The topological polar surface area (TPSA) is 30.7 Å². The highest BCUT2D eigenvalue weighted by Crippen LogP contribution is 2.51. The standard InChI is InChI=1S/C40H23N3/c1-2-8-27-24(7-1)14-16-31-30-11-5-10-29-26(17-18-34(38(27)31)39(29)30)25-15-21-37(42-23-25)43-36-13-4-3-9-28(36)32-19-20-35-33(40(32)43)12-6-22-41-35/h1-23H. The van der Waals surface area contributed by atoms with Gasteiger partial charge in [-0.15, -0.1) is 0 Å². The molecule has 3 heteroatoms. The van der Waals surface area contributed by atoms with Crippen molar-refractivity contribution in [2.24, 2.45) is 0 Å². The van der Waals surface area contributed by atoms with Crippen LogP contribution in [0.25, 0.3) is 93.5 Å². The van der Waals surface area contributed by atoms with Crippen molar-refractivity contribution in [1.29, 1.82) is 0 Å². The van der Waals surface area contributed by atoms with Crippen LogP contribution in [0.1, 0.15) is 0 Å². The Bertz CT molecular complexity index is 2610. The molecule has 3 nitrogen and oxygen atoms in total. The van der Waals surface area contributed by atoms with Gasteiger partial charge in [0.05, 0.1) is 16.6 Å². The van der Waals surface area contributed by atoms with Gasteiger partial charge in [0.2, 0.25) is 0 Å². The van der Waals surface area contributed by atoms with Crippen LogP contribution in [-0.4, -0.2) is 14.5 Å². The Kier molecular flexibility index (Phi) is 4.45. The van der Waals surface area contributed by atoms with Crippen molar-refractivity contribution < 1.29 is 0 Å². The maximum absolute atomic E-state index is 5.09. The average molecular weight is 546 g/mol. The predicted octanol–water partition coefficient (Wildman–Crippen LogP) is 10.3. The van der Waals surface area contributed by atoms with E-state index in [-0.39, 0.29) is 0 Å². The Morgan fingerprint density at radius 1 is 0.465 bits per heavy atom. The van der Waals surface area contributed by atoms with Gasteiger partial charge in [-0.05, 0) is 85.8 Å². The number of benzene rings is 6. The molecule has 0 unspecified atom stereocenters. The fourth-order valence-electron chi connectivity index (χ4n) is 7.40. The Labute approximate surface area is 247 Å². The Morgan fingerprint density at radius 3 is 2.21 bits per heavy atom. The van der Waals surface area contributed by atoms with Crippen LogP contribution in [0.4, 0.5) is 0 Å². The molecule has 0 aliphatic heterocycles. The van der Waals surface area contributed by atoms with E-state index in [4.69, 9.17) is 4.98 Å². The minimum Gasteiger partial charge on any atom is -0.293 e. The van der Waals surface area contributed by atoms with E-state index in [1.165, 1.54) is 60.1 Å². The summed E-state index contributed by atoms with van der Waals surface area (Å²) in [5.74, 6) is 0.899. The van der Waals surface area contributed by atoms with E-state index >= 15 is 0 Å². The van der Waals surface area contributed by atoms with Crippen molar-refractivity contribution in [3.8, 4) is 39.2 Å². The molecule has 1 aliphatic rings. The summed E-state index contributed by atoms with van der Waals surface area (Å²) in [5.41, 5.74) is 10.9. The lowest BCUT2D eigenvalue weighted by Crippen LogP contribution is -1.98. The number of nitrogens with zero attached hydrogens (tertiary/aromatic N) is 3. The molecule has 0 saturated heterocycles. The van der Waals surface area contributed by atoms with Gasteiger partial charge in [-0.3, -0.25) is 9.55 Å². The molecule has 1 aliphatic carbocycles. The number of pyridine rings is 2. The Morgan fingerprint density at radius 2 is 1.28 bits per heavy atom. The van der Waals surface area contributed by atoms with Gasteiger partial charge in [0.25, 0.3) is 0 Å². The van der Waals surface area contributed by atoms with Gasteiger partial charge in [-0.25, -0.2) is 4.98 Å². The molecular weight excluding hydrogens is 522 g/mol. The van der Waals surface area contributed by atoms with E-state index in [0.29, 0.717) is 0 Å². The summed E-state index contributed by atoms with van der Waals surface area (Å²) in [6.45, 7) is 0. The van der Waals surface area contributed by atoms with Crippen LogP contribution in [0.3, 0.4) is 0 Å². The molecule has 3 aromatic heterocycles. The first-order valence-electron chi connectivity index (χ1n) is 14.7. The first kappa shape index (κ1) is 22.8. The van der Waals surface area contributed by atoms with Crippen LogP contribution in [-0.2, 0) is 0 Å². The summed E-state index contributed by atoms with van der Waals surface area (Å²) in [6.07, 6.45) is 3.88. The van der Waals surface area contributed by atoms with Crippen molar-refractivity contribution in [2.45, 2.75) is 0 Å². The minimum atomic E-state index is 0.899. The summed E-state index contributed by atoms with van der Waals surface area (Å²) < 4.78 is 2.29. The molecule has 6 aromatic carbocycles. The highest BCUT2D eigenvalue weighted by molar-refractivity contribution is 6.23. The largest absolute Gasteiger partial charge is 0.293 e. The van der Waals surface area contributed by atoms with Gasteiger partial charge in [-0.2, -0.15) is 0 Å². The van der Waals surface area contributed by atoms with Gasteiger partial charge in [0.15, 0.2) is 0 Å². The van der Waals surface area contributed by atoms with Crippen LogP contribution < -0.4 is 0 Å². The van der Waals surface area contributed by atoms with Gasteiger partial charge in [-0.1, -0.05) is 91.0 Å². The van der Waals surface area contributed by atoms with Gasteiger partial charge in [0.1, 0.15) is 5.82 Å². The molecule has 3 heterocycles. The highest BCUT2D eigenvalue weighted by Gasteiger charge is 2.24. The molecule has 0 radical (unpaired) electrons. The predicted molar refractivity (Wildman–Crippen MR) is 179 cm³/mol. The van der Waals surface area contributed by atoms with Gasteiger partial charge >= 0.3 is 0 Å². The summed E-state index contributed by atoms with van der Waals surface area (Å²) in [5, 5.41) is 8.73. The van der Waals surface area contributed by atoms with E-state index in [2.05, 4.69) is 131 Å². The number of fused-ring (bicyclic) bond motifs is 10. The van der Waals surface area contributed by atoms with Gasteiger partial charge in [0, 0.05) is 34.1 Å². The molecule has 43 heavy (non-hydrogen) atoms. The van der Waals surface area contributed by atoms with E-state index in [9.17, 15) is 0 Å². The van der Waals surface area contributed by atoms with Crippen LogP contribution in [0.5, 0.6) is 0 Å². The third kappa shape index (κ3) is 3.03. The first-order valence-corrected chi connectivity index (χ1v) is 14.7. The van der Waals surface area contributed by atoms with Crippen LogP contribution in [0.2, 0.25) is 0 Å². The van der Waals surface area contributed by atoms with Crippen LogP contribution >= 0.6 is 0 Å². The summed E-state index contributed by atoms with van der Waals surface area (Å²) >= 11 is 0. The molecule has 0 N–H and O–H groups in total. The molecule has 0 amide bonds. The van der Waals surface area contributed by atoms with Crippen LogP contribution in [0.15, 0.2) is 140 Å². The van der Waals surface area contributed by atoms with E-state index in [1.54, 1.807) is 0 Å². The smallest absolute Gasteiger partial charge is 0.137 e. The molecule has 10 rings (SSSR count). The number of rotatable bonds is 2. The second-order valence-electron chi connectivity index (χ2n) is 11.4. The summed E-state index contributed by atoms with van der Waals surface area (Å²) in [7, 11) is 0. The normalized spacial score (nSPS) is 12.2. The monoisotopic (exact) mass is 545 g/mol. The quantitative estimate of drug-likeness (QED) is 0.216. The van der Waals surface area contributed by atoms with Crippen molar-refractivity contribution in [1.82, 2.24) is 14.5 Å². The molecule has 0 saturated carbocycles. The van der Waals surface area contributed by atoms with Crippen molar-refractivity contribution >= 4 is 54.3 Å². The SMILES string of the molecule is c1ccc2c3c(ccc2c1)-c1cccc2c(-c4ccc(-n5c6ccccc6c6ccc7ncccc7c65)nc4)ccc-3c12. The van der Waals surface area contributed by atoms with Crippen molar-refractivity contribution in [3.05, 3.63) is 140 Å². The fraction of sp³-hybridized carbons (Fsp3) is 0. The Hall–Kier alpha value is -5.80. The molecule has 9 aromatic rings. The van der Waals surface area contributed by atoms with Crippen LogP contribution in [0, 0.1) is 0 Å². The number of para-hydroxylation sites is 1. The van der Waals surface area contributed by atoms with E-state index < -0.39 is 0 Å². The molecule has 0 bridgehead atoms. The number of hydrogen-bond donors (Lipinski definition) is 0. The zero-order valence-electron chi connectivity index (χ0n) is 23.1. The zero-order chi connectivity index (χ0) is 28.1. The Balaban J connectivity index is 1.17. The summed E-state index contributed by atoms with van der Waals surface area (Å²) in [4.78, 5) is 9.73. The maximum atomic E-state index is 5.09. The molecule has 0 spiro atoms. The van der Waals surface area contributed by atoms with Crippen molar-refractivity contribution in [2.75, 3.05) is 0 Å². The molecule has 0 atom stereocenters. The lowest BCUT2D eigenvalue weighted by atomic mass is 9.94. The average Bonchev–Trinajstić information content (AvgIpc) is 3.60. The first-order chi connectivity index (χ1) is 21.3. The molecule has 198 valence electrons. The van der Waals surface area contributed by atoms with E-state index in [1.807, 2.05) is 18.5 Å². The minimum absolute atomic E-state index is 0.899. The fourth-order valence-corrected chi connectivity index (χ4v) is 7.40. The third-order valence-corrected chi connectivity index (χ3v) is 9.23. The van der Waals surface area contributed by atoms with Gasteiger partial charge < -0.3 is 0 Å². The second-order valence-corrected chi connectivity index (χ2v) is 11.4. The summed E-state index contributed by atoms with van der Waals surface area (Å²) in [6, 6.07) is 45.9. The number of hydrogen-bond acceptors (Lipinski definition) is 2. The molecule has 0 fully saturated rings. The van der Waals surface area contributed by atoms with Crippen molar-refractivity contribution in [3.63, 3.8) is 0 Å². The lowest BCUT2D eigenvalue weighted by Gasteiger charge is -2.12. The second kappa shape index (κ2) is 8.37. The van der Waals surface area contributed by atoms with E-state index in [0.717, 1.165) is 33.3 Å². The third-order valence-electron chi connectivity index (χ3n) is 9.23.